The van der Waals surface area contributed by atoms with Crippen molar-refractivity contribution in [3.8, 4) is 5.75 Å². The van der Waals surface area contributed by atoms with Gasteiger partial charge in [0.25, 0.3) is 5.91 Å². The number of aromatic nitrogens is 1. The molecule has 1 aliphatic rings. The molecule has 1 aliphatic carbocycles. The number of aliphatic carboxylic acids is 1. The lowest BCUT2D eigenvalue weighted by Crippen LogP contribution is -2.21. The highest BCUT2D eigenvalue weighted by Gasteiger charge is 2.33. The second-order valence-corrected chi connectivity index (χ2v) is 8.10. The molecule has 0 saturated heterocycles. The van der Waals surface area contributed by atoms with Crippen LogP contribution in [0.2, 0.25) is 0 Å². The number of fused-ring (bicyclic) bond motifs is 3. The van der Waals surface area contributed by atoms with Crippen LogP contribution in [-0.4, -0.2) is 21.6 Å². The molecule has 1 heterocycles. The maximum Gasteiger partial charge on any atom is 0.311 e. The van der Waals surface area contributed by atoms with Gasteiger partial charge in [-0.1, -0.05) is 48.5 Å². The van der Waals surface area contributed by atoms with Crippen molar-refractivity contribution in [2.24, 2.45) is 0 Å². The Morgan fingerprint density at radius 3 is 2.41 bits per heavy atom. The third kappa shape index (κ3) is 3.56. The maximum absolute atomic E-state index is 13.4. The van der Waals surface area contributed by atoms with Crippen LogP contribution < -0.4 is 4.74 Å². The molecule has 32 heavy (non-hydrogen) atoms. The van der Waals surface area contributed by atoms with Gasteiger partial charge in [0.05, 0.1) is 11.4 Å². The summed E-state index contributed by atoms with van der Waals surface area (Å²) in [6.45, 7) is 0.417. The van der Waals surface area contributed by atoms with Crippen LogP contribution >= 0.6 is 0 Å². The van der Waals surface area contributed by atoms with Crippen molar-refractivity contribution in [3.05, 3.63) is 101 Å². The van der Waals surface area contributed by atoms with Gasteiger partial charge in [0.1, 0.15) is 12.4 Å². The molecule has 4 aromatic rings. The first-order valence-corrected chi connectivity index (χ1v) is 10.8. The molecule has 1 aromatic heterocycles. The van der Waals surface area contributed by atoms with Gasteiger partial charge in [-0.3, -0.25) is 14.2 Å². The van der Waals surface area contributed by atoms with E-state index in [4.69, 9.17) is 4.74 Å². The third-order valence-corrected chi connectivity index (χ3v) is 6.11. The van der Waals surface area contributed by atoms with Crippen LogP contribution in [-0.2, 0) is 17.8 Å². The molecule has 5 rings (SSSR count). The number of hydrogen-bond donors (Lipinski definition) is 1. The van der Waals surface area contributed by atoms with Gasteiger partial charge in [-0.2, -0.15) is 0 Å². The number of ether oxygens (including phenoxy) is 1. The van der Waals surface area contributed by atoms with Crippen LogP contribution in [0.15, 0.2) is 78.9 Å². The van der Waals surface area contributed by atoms with E-state index < -0.39 is 11.9 Å². The van der Waals surface area contributed by atoms with E-state index in [1.807, 2.05) is 66.7 Å². The Morgan fingerprint density at radius 1 is 0.969 bits per heavy atom. The van der Waals surface area contributed by atoms with E-state index in [0.29, 0.717) is 30.8 Å². The predicted octanol–water partition coefficient (Wildman–Crippen LogP) is 5.41. The van der Waals surface area contributed by atoms with Crippen molar-refractivity contribution < 1.29 is 19.4 Å². The fourth-order valence-electron chi connectivity index (χ4n) is 4.62. The molecule has 160 valence electrons. The molecule has 0 spiro atoms. The molecule has 3 aromatic carbocycles. The number of rotatable bonds is 5. The van der Waals surface area contributed by atoms with Crippen molar-refractivity contribution in [2.75, 3.05) is 0 Å². The molecule has 1 atom stereocenters. The first kappa shape index (κ1) is 20.1. The maximum atomic E-state index is 13.4. The van der Waals surface area contributed by atoms with Crippen LogP contribution in [0.5, 0.6) is 5.75 Å². The van der Waals surface area contributed by atoms with Crippen molar-refractivity contribution in [1.82, 2.24) is 4.57 Å². The SMILES string of the molecule is O=C(O)C1CCCc2c1c1cc(OCc3ccccc3)ccc1n2C(=O)c1ccccc1. The van der Waals surface area contributed by atoms with Crippen molar-refractivity contribution in [2.45, 2.75) is 31.8 Å². The summed E-state index contributed by atoms with van der Waals surface area (Å²) in [6.07, 6.45) is 1.97. The van der Waals surface area contributed by atoms with Gasteiger partial charge in [0.2, 0.25) is 0 Å². The minimum atomic E-state index is -0.854. The number of carbonyl (C=O) groups is 2. The Morgan fingerprint density at radius 2 is 1.69 bits per heavy atom. The standard InChI is InChI=1S/C27H23NO4/c29-26(19-10-5-2-6-11-19)28-23-15-14-20(32-17-18-8-3-1-4-9-18)16-22(23)25-21(27(30)31)12-7-13-24(25)28/h1-6,8-11,14-16,21H,7,12-13,17H2,(H,30,31). The van der Waals surface area contributed by atoms with Crippen molar-refractivity contribution in [3.63, 3.8) is 0 Å². The summed E-state index contributed by atoms with van der Waals surface area (Å²) in [5.41, 5.74) is 3.90. The minimum Gasteiger partial charge on any atom is -0.489 e. The van der Waals surface area contributed by atoms with Gasteiger partial charge in [-0.05, 0) is 60.7 Å². The molecule has 0 fully saturated rings. The second kappa shape index (κ2) is 8.35. The molecule has 5 heteroatoms. The van der Waals surface area contributed by atoms with Gasteiger partial charge in [0.15, 0.2) is 0 Å². The molecule has 0 amide bonds. The number of carboxylic acid groups (broad SMARTS) is 1. The largest absolute Gasteiger partial charge is 0.489 e. The second-order valence-electron chi connectivity index (χ2n) is 8.10. The Hall–Kier alpha value is -3.86. The topological polar surface area (TPSA) is 68.5 Å². The summed E-state index contributed by atoms with van der Waals surface area (Å²) in [6, 6.07) is 24.6. The van der Waals surface area contributed by atoms with E-state index in [1.165, 1.54) is 0 Å². The van der Waals surface area contributed by atoms with Crippen LogP contribution in [0.25, 0.3) is 10.9 Å². The first-order valence-electron chi connectivity index (χ1n) is 10.8. The summed E-state index contributed by atoms with van der Waals surface area (Å²) in [7, 11) is 0. The quantitative estimate of drug-likeness (QED) is 0.464. The van der Waals surface area contributed by atoms with Crippen molar-refractivity contribution >= 4 is 22.8 Å². The van der Waals surface area contributed by atoms with E-state index in [0.717, 1.165) is 34.1 Å². The highest BCUT2D eigenvalue weighted by molar-refractivity contribution is 6.05. The summed E-state index contributed by atoms with van der Waals surface area (Å²) < 4.78 is 7.70. The van der Waals surface area contributed by atoms with E-state index in [1.54, 1.807) is 16.7 Å². The summed E-state index contributed by atoms with van der Waals surface area (Å²) in [4.78, 5) is 25.5. The smallest absolute Gasteiger partial charge is 0.311 e. The van der Waals surface area contributed by atoms with Crippen LogP contribution in [0, 0.1) is 0 Å². The predicted molar refractivity (Wildman–Crippen MR) is 122 cm³/mol. The van der Waals surface area contributed by atoms with Gasteiger partial charge < -0.3 is 9.84 Å². The Balaban J connectivity index is 1.62. The van der Waals surface area contributed by atoms with Crippen molar-refractivity contribution in [1.29, 1.82) is 0 Å². The molecule has 1 unspecified atom stereocenters. The summed E-state index contributed by atoms with van der Waals surface area (Å²) in [5, 5.41) is 10.7. The highest BCUT2D eigenvalue weighted by Crippen LogP contribution is 2.41. The molecular formula is C27H23NO4. The fraction of sp³-hybridized carbons (Fsp3) is 0.185. The molecule has 1 N–H and O–H groups in total. The molecule has 5 nitrogen and oxygen atoms in total. The zero-order valence-corrected chi connectivity index (χ0v) is 17.5. The number of benzene rings is 3. The van der Waals surface area contributed by atoms with Gasteiger partial charge in [-0.15, -0.1) is 0 Å². The molecule has 0 saturated carbocycles. The number of carbonyl (C=O) groups excluding carboxylic acids is 1. The Kier molecular flexibility index (Phi) is 5.23. The van der Waals surface area contributed by atoms with Gasteiger partial charge >= 0.3 is 5.97 Å². The number of nitrogens with zero attached hydrogens (tertiary/aromatic N) is 1. The third-order valence-electron chi connectivity index (χ3n) is 6.11. The average molecular weight is 425 g/mol. The zero-order valence-electron chi connectivity index (χ0n) is 17.5. The first-order chi connectivity index (χ1) is 15.6. The van der Waals surface area contributed by atoms with Gasteiger partial charge in [0, 0.05) is 16.6 Å². The monoisotopic (exact) mass is 425 g/mol. The number of carboxylic acids is 1. The number of hydrogen-bond acceptors (Lipinski definition) is 3. The van der Waals surface area contributed by atoms with Crippen LogP contribution in [0.3, 0.4) is 0 Å². The lowest BCUT2D eigenvalue weighted by Gasteiger charge is -2.21. The Labute approximate surface area is 185 Å². The summed E-state index contributed by atoms with van der Waals surface area (Å²) >= 11 is 0. The van der Waals surface area contributed by atoms with E-state index in [2.05, 4.69) is 0 Å². The van der Waals surface area contributed by atoms with E-state index in [-0.39, 0.29) is 5.91 Å². The average Bonchev–Trinajstić information content (AvgIpc) is 3.17. The molecule has 0 radical (unpaired) electrons. The van der Waals surface area contributed by atoms with Gasteiger partial charge in [-0.25, -0.2) is 0 Å². The highest BCUT2D eigenvalue weighted by atomic mass is 16.5. The van der Waals surface area contributed by atoms with Crippen LogP contribution in [0.1, 0.15) is 45.9 Å². The fourth-order valence-corrected chi connectivity index (χ4v) is 4.62. The summed E-state index contributed by atoms with van der Waals surface area (Å²) in [5.74, 6) is -0.966. The Bertz CT molecular complexity index is 1290. The molecular weight excluding hydrogens is 402 g/mol. The van der Waals surface area contributed by atoms with Crippen LogP contribution in [0.4, 0.5) is 0 Å². The van der Waals surface area contributed by atoms with E-state index >= 15 is 0 Å². The molecule has 0 aliphatic heterocycles. The van der Waals surface area contributed by atoms with E-state index in [9.17, 15) is 14.7 Å². The zero-order chi connectivity index (χ0) is 22.1. The molecule has 0 bridgehead atoms. The minimum absolute atomic E-state index is 0.138. The normalized spacial score (nSPS) is 15.3. The lowest BCUT2D eigenvalue weighted by atomic mass is 9.85. The lowest BCUT2D eigenvalue weighted by molar-refractivity contribution is -0.139.